The molecule has 3 heteroatoms. The molecule has 3 nitrogen and oxygen atoms in total. The molecule has 0 radical (unpaired) electrons. The zero-order valence-electron chi connectivity index (χ0n) is 6.00. The molecular weight excluding hydrogens is 116 g/mol. The number of likely N-dealkylation sites (N-methyl/N-ethyl adjacent to an activating group) is 1. The van der Waals surface area contributed by atoms with Gasteiger partial charge in [-0.05, 0) is 13.8 Å². The van der Waals surface area contributed by atoms with Crippen molar-refractivity contribution in [3.05, 3.63) is 0 Å². The van der Waals surface area contributed by atoms with Crippen molar-refractivity contribution in [2.24, 2.45) is 4.99 Å². The van der Waals surface area contributed by atoms with Gasteiger partial charge in [-0.25, -0.2) is 0 Å². The second-order valence-corrected chi connectivity index (χ2v) is 2.44. The van der Waals surface area contributed by atoms with Crippen molar-refractivity contribution in [3.8, 4) is 0 Å². The molecule has 2 unspecified atom stereocenters. The Kier molecular flexibility index (Phi) is 1.45. The van der Waals surface area contributed by atoms with Crippen LogP contribution in [0.3, 0.4) is 0 Å². The molecule has 9 heavy (non-hydrogen) atoms. The van der Waals surface area contributed by atoms with Gasteiger partial charge in [0.15, 0.2) is 0 Å². The van der Waals surface area contributed by atoms with Crippen LogP contribution < -0.4 is 0 Å². The molecule has 1 heterocycles. The van der Waals surface area contributed by atoms with E-state index < -0.39 is 6.23 Å². The first-order valence-corrected chi connectivity index (χ1v) is 3.08. The Bertz CT molecular complexity index is 144. The normalized spacial score (nSPS) is 35.1. The average molecular weight is 128 g/mol. The molecule has 0 aromatic rings. The van der Waals surface area contributed by atoms with Crippen LogP contribution in [-0.4, -0.2) is 35.2 Å². The number of amidine groups is 1. The first-order valence-electron chi connectivity index (χ1n) is 3.08. The molecule has 0 spiro atoms. The maximum absolute atomic E-state index is 9.25. The van der Waals surface area contributed by atoms with Gasteiger partial charge < -0.3 is 10.0 Å². The van der Waals surface area contributed by atoms with E-state index in [1.807, 2.05) is 20.9 Å². The Labute approximate surface area is 55.0 Å². The van der Waals surface area contributed by atoms with Crippen LogP contribution in [0.5, 0.6) is 0 Å². The zero-order valence-corrected chi connectivity index (χ0v) is 6.00. The molecule has 0 saturated heterocycles. The lowest BCUT2D eigenvalue weighted by Crippen LogP contribution is -2.34. The van der Waals surface area contributed by atoms with Crippen molar-refractivity contribution < 1.29 is 5.11 Å². The summed E-state index contributed by atoms with van der Waals surface area (Å²) in [6, 6.07) is 0.0370. The first-order chi connectivity index (χ1) is 4.13. The highest BCUT2D eigenvalue weighted by Gasteiger charge is 2.25. The lowest BCUT2D eigenvalue weighted by atomic mass is 10.3. The van der Waals surface area contributed by atoms with Crippen molar-refractivity contribution in [2.75, 3.05) is 7.05 Å². The summed E-state index contributed by atoms with van der Waals surface area (Å²) in [5.74, 6) is 0.912. The van der Waals surface area contributed by atoms with E-state index in [9.17, 15) is 5.11 Å². The number of aliphatic hydroxyl groups excluding tert-OH is 1. The Morgan fingerprint density at radius 1 is 1.67 bits per heavy atom. The summed E-state index contributed by atoms with van der Waals surface area (Å²) in [6.07, 6.45) is -0.412. The van der Waals surface area contributed by atoms with Crippen LogP contribution in [0.2, 0.25) is 0 Å². The molecular formula is C6H12N2O. The van der Waals surface area contributed by atoms with E-state index in [0.29, 0.717) is 0 Å². The van der Waals surface area contributed by atoms with Gasteiger partial charge in [0.1, 0.15) is 6.23 Å². The summed E-state index contributed by atoms with van der Waals surface area (Å²) in [7, 11) is 1.84. The minimum Gasteiger partial charge on any atom is -0.371 e. The first kappa shape index (κ1) is 6.55. The molecule has 1 aliphatic heterocycles. The molecule has 1 rings (SSSR count). The molecule has 0 saturated carbocycles. The maximum Gasteiger partial charge on any atom is 0.149 e. The lowest BCUT2D eigenvalue weighted by molar-refractivity contribution is 0.0669. The predicted molar refractivity (Wildman–Crippen MR) is 36.3 cm³/mol. The molecule has 52 valence electrons. The molecule has 0 aromatic carbocycles. The third kappa shape index (κ3) is 0.920. The van der Waals surface area contributed by atoms with Crippen molar-refractivity contribution >= 4 is 5.84 Å². The molecule has 0 bridgehead atoms. The highest BCUT2D eigenvalue weighted by atomic mass is 16.3. The summed E-state index contributed by atoms with van der Waals surface area (Å²) < 4.78 is 0. The van der Waals surface area contributed by atoms with E-state index in [-0.39, 0.29) is 6.04 Å². The van der Waals surface area contributed by atoms with Crippen molar-refractivity contribution in [2.45, 2.75) is 26.1 Å². The van der Waals surface area contributed by atoms with E-state index in [2.05, 4.69) is 4.99 Å². The molecule has 0 aromatic heterocycles. The highest BCUT2D eigenvalue weighted by molar-refractivity contribution is 5.81. The minimum atomic E-state index is -0.412. The van der Waals surface area contributed by atoms with Gasteiger partial charge in [0.25, 0.3) is 0 Å². The summed E-state index contributed by atoms with van der Waals surface area (Å²) in [5, 5.41) is 9.25. The number of rotatable bonds is 0. The fraction of sp³-hybridized carbons (Fsp3) is 0.833. The fourth-order valence-electron chi connectivity index (χ4n) is 0.967. The van der Waals surface area contributed by atoms with Gasteiger partial charge in [-0.3, -0.25) is 4.99 Å². The standard InChI is InChI=1S/C6H12N2O/c1-4-6(9)8(3)5(2)7-4/h4,6,9H,1-3H3. The number of nitrogens with zero attached hydrogens (tertiary/aromatic N) is 2. The van der Waals surface area contributed by atoms with Crippen LogP contribution in [0.25, 0.3) is 0 Å². The lowest BCUT2D eigenvalue weighted by Gasteiger charge is -2.17. The Balaban J connectivity index is 2.70. The second-order valence-electron chi connectivity index (χ2n) is 2.44. The Morgan fingerprint density at radius 2 is 2.22 bits per heavy atom. The van der Waals surface area contributed by atoms with Crippen LogP contribution in [0.4, 0.5) is 0 Å². The van der Waals surface area contributed by atoms with Crippen LogP contribution >= 0.6 is 0 Å². The van der Waals surface area contributed by atoms with Crippen LogP contribution in [-0.2, 0) is 0 Å². The van der Waals surface area contributed by atoms with Crippen molar-refractivity contribution in [1.82, 2.24) is 4.90 Å². The SMILES string of the molecule is CC1=NC(C)C(O)N1C. The molecule has 0 fully saturated rings. The Hall–Kier alpha value is -0.570. The monoisotopic (exact) mass is 128 g/mol. The maximum atomic E-state index is 9.25. The Morgan fingerprint density at radius 3 is 2.33 bits per heavy atom. The molecule has 0 amide bonds. The van der Waals surface area contributed by atoms with Gasteiger partial charge in [0, 0.05) is 7.05 Å². The second kappa shape index (κ2) is 1.99. The molecule has 2 atom stereocenters. The van der Waals surface area contributed by atoms with Gasteiger partial charge >= 0.3 is 0 Å². The predicted octanol–water partition coefficient (Wildman–Crippen LogP) is 0.0571. The number of aliphatic hydroxyl groups is 1. The quantitative estimate of drug-likeness (QED) is 0.500. The van der Waals surface area contributed by atoms with Crippen LogP contribution in [0, 0.1) is 0 Å². The largest absolute Gasteiger partial charge is 0.371 e. The number of aliphatic imine (C=N–C) groups is 1. The van der Waals surface area contributed by atoms with Gasteiger partial charge in [-0.2, -0.15) is 0 Å². The topological polar surface area (TPSA) is 35.8 Å². The zero-order chi connectivity index (χ0) is 7.02. The van der Waals surface area contributed by atoms with E-state index >= 15 is 0 Å². The fourth-order valence-corrected chi connectivity index (χ4v) is 0.967. The highest BCUT2D eigenvalue weighted by Crippen LogP contribution is 2.11. The van der Waals surface area contributed by atoms with E-state index in [1.54, 1.807) is 4.90 Å². The number of hydrogen-bond donors (Lipinski definition) is 1. The van der Waals surface area contributed by atoms with Crippen LogP contribution in [0.1, 0.15) is 13.8 Å². The van der Waals surface area contributed by atoms with Gasteiger partial charge in [-0.15, -0.1) is 0 Å². The summed E-state index contributed by atoms with van der Waals surface area (Å²) in [4.78, 5) is 5.91. The van der Waals surface area contributed by atoms with Gasteiger partial charge in [0.05, 0.1) is 11.9 Å². The van der Waals surface area contributed by atoms with E-state index in [0.717, 1.165) is 5.84 Å². The molecule has 0 aliphatic carbocycles. The smallest absolute Gasteiger partial charge is 0.149 e. The summed E-state index contributed by atoms with van der Waals surface area (Å²) in [6.45, 7) is 3.80. The molecule has 1 aliphatic rings. The minimum absolute atomic E-state index is 0.0370. The van der Waals surface area contributed by atoms with E-state index in [1.165, 1.54) is 0 Å². The summed E-state index contributed by atoms with van der Waals surface area (Å²) in [5.41, 5.74) is 0. The summed E-state index contributed by atoms with van der Waals surface area (Å²) >= 11 is 0. The third-order valence-corrected chi connectivity index (χ3v) is 1.73. The van der Waals surface area contributed by atoms with Crippen molar-refractivity contribution in [1.29, 1.82) is 0 Å². The average Bonchev–Trinajstić information content (AvgIpc) is 1.98. The van der Waals surface area contributed by atoms with E-state index in [4.69, 9.17) is 0 Å². The molecule has 1 N–H and O–H groups in total. The third-order valence-electron chi connectivity index (χ3n) is 1.73. The van der Waals surface area contributed by atoms with Crippen LogP contribution in [0.15, 0.2) is 4.99 Å². The van der Waals surface area contributed by atoms with Gasteiger partial charge in [0.2, 0.25) is 0 Å². The number of hydrogen-bond acceptors (Lipinski definition) is 3. The van der Waals surface area contributed by atoms with Gasteiger partial charge in [-0.1, -0.05) is 0 Å². The van der Waals surface area contributed by atoms with Crippen molar-refractivity contribution in [3.63, 3.8) is 0 Å².